The quantitative estimate of drug-likeness (QED) is 0.485. The van der Waals surface area contributed by atoms with Crippen molar-refractivity contribution in [2.45, 2.75) is 51.6 Å². The van der Waals surface area contributed by atoms with Crippen molar-refractivity contribution in [3.05, 3.63) is 70.2 Å². The highest BCUT2D eigenvalue weighted by Gasteiger charge is 2.25. The minimum Gasteiger partial charge on any atom is -0.481 e. The first kappa shape index (κ1) is 20.5. The fourth-order valence-electron chi connectivity index (χ4n) is 5.06. The highest BCUT2D eigenvalue weighted by molar-refractivity contribution is 6.36. The summed E-state index contributed by atoms with van der Waals surface area (Å²) in [5.74, 6) is 1.50. The van der Waals surface area contributed by atoms with Gasteiger partial charge in [0.1, 0.15) is 0 Å². The Morgan fingerprint density at radius 1 is 1.00 bits per heavy atom. The van der Waals surface area contributed by atoms with Gasteiger partial charge in [-0.25, -0.2) is 4.98 Å². The minimum atomic E-state index is 0.609. The Kier molecular flexibility index (Phi) is 5.73. The van der Waals surface area contributed by atoms with Gasteiger partial charge < -0.3 is 10.1 Å². The summed E-state index contributed by atoms with van der Waals surface area (Å²) in [6, 6.07) is 17.6. The van der Waals surface area contributed by atoms with Crippen LogP contribution in [0.3, 0.4) is 0 Å². The van der Waals surface area contributed by atoms with Crippen LogP contribution in [-0.2, 0) is 19.4 Å². The molecule has 0 spiro atoms. The van der Waals surface area contributed by atoms with Gasteiger partial charge in [0.2, 0.25) is 5.88 Å². The Labute approximate surface area is 189 Å². The molecule has 0 atom stereocenters. The Morgan fingerprint density at radius 3 is 2.58 bits per heavy atom. The number of halogens is 1. The Balaban J connectivity index is 1.45. The molecule has 1 N–H and O–H groups in total. The molecule has 3 aromatic rings. The smallest absolute Gasteiger partial charge is 0.218 e. The van der Waals surface area contributed by atoms with Gasteiger partial charge in [0.05, 0.1) is 17.8 Å². The number of ether oxygens (including phenoxy) is 1. The van der Waals surface area contributed by atoms with Gasteiger partial charge in [-0.1, -0.05) is 61.0 Å². The van der Waals surface area contributed by atoms with Crippen LogP contribution in [0.4, 0.5) is 0 Å². The van der Waals surface area contributed by atoms with Gasteiger partial charge in [0.15, 0.2) is 0 Å². The zero-order chi connectivity index (χ0) is 21.4. The fourth-order valence-corrected chi connectivity index (χ4v) is 5.39. The molecule has 0 amide bonds. The summed E-state index contributed by atoms with van der Waals surface area (Å²) in [5.41, 5.74) is 8.11. The van der Waals surface area contributed by atoms with Crippen LogP contribution in [0.2, 0.25) is 5.02 Å². The van der Waals surface area contributed by atoms with Gasteiger partial charge >= 0.3 is 0 Å². The zero-order valence-corrected chi connectivity index (χ0v) is 19.0. The van der Waals surface area contributed by atoms with Crippen molar-refractivity contribution in [3.8, 4) is 28.3 Å². The molecule has 4 heteroatoms. The third-order valence-corrected chi connectivity index (χ3v) is 7.21. The predicted octanol–water partition coefficient (Wildman–Crippen LogP) is 6.45. The van der Waals surface area contributed by atoms with E-state index in [2.05, 4.69) is 54.7 Å². The highest BCUT2D eigenvalue weighted by atomic mass is 35.5. The van der Waals surface area contributed by atoms with E-state index in [1.54, 1.807) is 7.11 Å². The number of rotatable bonds is 6. The summed E-state index contributed by atoms with van der Waals surface area (Å²) in [5, 5.41) is 4.38. The Hall–Kier alpha value is -2.36. The van der Waals surface area contributed by atoms with Crippen molar-refractivity contribution in [1.29, 1.82) is 0 Å². The largest absolute Gasteiger partial charge is 0.481 e. The molecule has 1 aromatic heterocycles. The molecule has 160 valence electrons. The summed E-state index contributed by atoms with van der Waals surface area (Å²) in [4.78, 5) is 4.82. The molecule has 2 aromatic carbocycles. The molecule has 1 fully saturated rings. The van der Waals surface area contributed by atoms with E-state index in [0.717, 1.165) is 52.7 Å². The number of aryl methyl sites for hydroxylation is 1. The first-order chi connectivity index (χ1) is 15.1. The molecule has 2 aliphatic rings. The minimum absolute atomic E-state index is 0.609. The van der Waals surface area contributed by atoms with E-state index in [1.807, 2.05) is 6.07 Å². The predicted molar refractivity (Wildman–Crippen MR) is 128 cm³/mol. The zero-order valence-electron chi connectivity index (χ0n) is 18.2. The molecule has 31 heavy (non-hydrogen) atoms. The molecule has 2 aliphatic carbocycles. The van der Waals surface area contributed by atoms with E-state index in [9.17, 15) is 0 Å². The number of benzene rings is 2. The average molecular weight is 433 g/mol. The topological polar surface area (TPSA) is 34.1 Å². The van der Waals surface area contributed by atoms with Crippen molar-refractivity contribution < 1.29 is 4.74 Å². The number of nitrogens with one attached hydrogen (secondary N) is 1. The number of methoxy groups -OCH3 is 1. The average Bonchev–Trinajstić information content (AvgIpc) is 3.25. The van der Waals surface area contributed by atoms with Crippen LogP contribution in [0.25, 0.3) is 22.4 Å². The molecular weight excluding hydrogens is 404 g/mol. The number of nitrogens with zero attached hydrogens (tertiary/aromatic N) is 1. The lowest BCUT2D eigenvalue weighted by molar-refractivity contribution is 0.239. The maximum atomic E-state index is 6.96. The lowest BCUT2D eigenvalue weighted by atomic mass is 9.82. The van der Waals surface area contributed by atoms with E-state index >= 15 is 0 Å². The molecule has 5 rings (SSSR count). The van der Waals surface area contributed by atoms with Crippen LogP contribution < -0.4 is 10.1 Å². The van der Waals surface area contributed by atoms with Gasteiger partial charge in [-0.2, -0.15) is 0 Å². The number of hydrogen-bond acceptors (Lipinski definition) is 3. The maximum Gasteiger partial charge on any atom is 0.218 e. The van der Waals surface area contributed by atoms with Crippen LogP contribution in [0.15, 0.2) is 48.5 Å². The Bertz CT molecular complexity index is 1100. The first-order valence-electron chi connectivity index (χ1n) is 11.3. The summed E-state index contributed by atoms with van der Waals surface area (Å²) < 4.78 is 5.63. The van der Waals surface area contributed by atoms with Gasteiger partial charge in [-0.3, -0.25) is 0 Å². The third kappa shape index (κ3) is 3.97. The van der Waals surface area contributed by atoms with Crippen molar-refractivity contribution in [2.24, 2.45) is 5.92 Å². The second-order valence-corrected chi connectivity index (χ2v) is 9.36. The molecular formula is C27H29ClN2O. The van der Waals surface area contributed by atoms with Crippen molar-refractivity contribution in [3.63, 3.8) is 0 Å². The van der Waals surface area contributed by atoms with Crippen LogP contribution in [-0.4, -0.2) is 18.1 Å². The summed E-state index contributed by atoms with van der Waals surface area (Å²) in [6.45, 7) is 3.08. The number of pyridine rings is 1. The van der Waals surface area contributed by atoms with Crippen LogP contribution >= 0.6 is 11.6 Å². The fraction of sp³-hybridized carbons (Fsp3) is 0.370. The second-order valence-electron chi connectivity index (χ2n) is 8.98. The summed E-state index contributed by atoms with van der Waals surface area (Å²) in [6.07, 6.45) is 6.00. The van der Waals surface area contributed by atoms with Crippen molar-refractivity contribution in [1.82, 2.24) is 10.3 Å². The van der Waals surface area contributed by atoms with Crippen molar-refractivity contribution >= 4 is 11.6 Å². The molecule has 0 bridgehead atoms. The Morgan fingerprint density at radius 2 is 1.77 bits per heavy atom. The molecule has 0 aliphatic heterocycles. The molecule has 3 nitrogen and oxygen atoms in total. The van der Waals surface area contributed by atoms with E-state index in [-0.39, 0.29) is 0 Å². The SMILES string of the molecule is COc1nc(-c2cccc(-c3cccc4c3CCC4)c2Cl)ccc1CN[C@H]1C[C@@H](C)C1. The standard InChI is InChI=1S/C27H29ClN2O/c1-17-14-20(15-17)29-16-19-12-13-25(30-27(19)31-2)24-11-5-10-23(26(24)28)22-9-4-7-18-6-3-8-21(18)22/h4-5,7,9-13,17,20,29H,3,6,8,14-16H2,1-2H3/t17-,20+. The summed E-state index contributed by atoms with van der Waals surface area (Å²) >= 11 is 6.96. The van der Waals surface area contributed by atoms with E-state index in [0.29, 0.717) is 11.9 Å². The normalized spacial score (nSPS) is 19.7. The van der Waals surface area contributed by atoms with E-state index in [4.69, 9.17) is 21.3 Å². The van der Waals surface area contributed by atoms with E-state index in [1.165, 1.54) is 36.0 Å². The highest BCUT2D eigenvalue weighted by Crippen LogP contribution is 2.40. The monoisotopic (exact) mass is 432 g/mol. The summed E-state index contributed by atoms with van der Waals surface area (Å²) in [7, 11) is 1.69. The molecule has 0 radical (unpaired) electrons. The van der Waals surface area contributed by atoms with Crippen LogP contribution in [0.1, 0.15) is 42.9 Å². The lowest BCUT2D eigenvalue weighted by Crippen LogP contribution is -2.39. The maximum absolute atomic E-state index is 6.96. The van der Waals surface area contributed by atoms with Gasteiger partial charge in [0.25, 0.3) is 0 Å². The van der Waals surface area contributed by atoms with Crippen LogP contribution in [0, 0.1) is 5.92 Å². The first-order valence-corrected chi connectivity index (χ1v) is 11.7. The second kappa shape index (κ2) is 8.64. The number of hydrogen-bond donors (Lipinski definition) is 1. The molecule has 1 heterocycles. The van der Waals surface area contributed by atoms with Crippen molar-refractivity contribution in [2.75, 3.05) is 7.11 Å². The number of fused-ring (bicyclic) bond motifs is 1. The molecule has 0 saturated heterocycles. The van der Waals surface area contributed by atoms with Crippen LogP contribution in [0.5, 0.6) is 5.88 Å². The molecule has 1 saturated carbocycles. The van der Waals surface area contributed by atoms with Gasteiger partial charge in [-0.15, -0.1) is 0 Å². The number of aromatic nitrogens is 1. The van der Waals surface area contributed by atoms with Gasteiger partial charge in [-0.05, 0) is 60.8 Å². The lowest BCUT2D eigenvalue weighted by Gasteiger charge is -2.33. The molecule has 0 unspecified atom stereocenters. The third-order valence-electron chi connectivity index (χ3n) is 6.80. The van der Waals surface area contributed by atoms with Gasteiger partial charge in [0, 0.05) is 29.3 Å². The van der Waals surface area contributed by atoms with E-state index < -0.39 is 0 Å².